The van der Waals surface area contributed by atoms with Gasteiger partial charge in [0.25, 0.3) is 5.91 Å². The first-order valence-electron chi connectivity index (χ1n) is 7.86. The van der Waals surface area contributed by atoms with Crippen molar-refractivity contribution in [2.45, 2.75) is 13.5 Å². The van der Waals surface area contributed by atoms with Gasteiger partial charge in [-0.3, -0.25) is 14.5 Å². The molecule has 0 atom stereocenters. The van der Waals surface area contributed by atoms with Gasteiger partial charge in [0.05, 0.1) is 23.7 Å². The fourth-order valence-electron chi connectivity index (χ4n) is 2.63. The number of nitrogens with zero attached hydrogens (tertiary/aromatic N) is 3. The van der Waals surface area contributed by atoms with Crippen LogP contribution in [0, 0.1) is 6.92 Å². The van der Waals surface area contributed by atoms with E-state index in [0.29, 0.717) is 24.5 Å². The second-order valence-electron chi connectivity index (χ2n) is 5.75. The lowest BCUT2D eigenvalue weighted by Crippen LogP contribution is -2.50. The van der Waals surface area contributed by atoms with E-state index in [4.69, 9.17) is 4.52 Å². The van der Waals surface area contributed by atoms with E-state index in [0.717, 1.165) is 24.5 Å². The van der Waals surface area contributed by atoms with Crippen LogP contribution in [0.3, 0.4) is 0 Å². The Hall–Kier alpha value is -2.19. The molecule has 0 aliphatic carbocycles. The van der Waals surface area contributed by atoms with Crippen LogP contribution in [-0.2, 0) is 11.3 Å². The maximum absolute atomic E-state index is 12.2. The SMILES string of the molecule is Cc1cc(CN2CCN(C(=O)CNC(=O)c3cccs3)CC2)on1. The zero-order valence-electron chi connectivity index (χ0n) is 13.5. The molecule has 2 aromatic heterocycles. The predicted octanol–water partition coefficient (Wildman–Crippen LogP) is 1.12. The molecule has 128 valence electrons. The summed E-state index contributed by atoms with van der Waals surface area (Å²) in [4.78, 5) is 28.7. The number of carbonyl (C=O) groups excluding carboxylic acids is 2. The van der Waals surface area contributed by atoms with Crippen molar-refractivity contribution >= 4 is 23.2 Å². The van der Waals surface area contributed by atoms with E-state index in [2.05, 4.69) is 15.4 Å². The second kappa shape index (κ2) is 7.59. The Kier molecular flexibility index (Phi) is 5.27. The number of hydrogen-bond acceptors (Lipinski definition) is 6. The van der Waals surface area contributed by atoms with Crippen molar-refractivity contribution in [1.82, 2.24) is 20.3 Å². The Balaban J connectivity index is 1.41. The highest BCUT2D eigenvalue weighted by molar-refractivity contribution is 7.12. The van der Waals surface area contributed by atoms with Gasteiger partial charge in [0, 0.05) is 32.2 Å². The van der Waals surface area contributed by atoms with Gasteiger partial charge >= 0.3 is 0 Å². The van der Waals surface area contributed by atoms with Crippen LogP contribution in [0.1, 0.15) is 21.1 Å². The van der Waals surface area contributed by atoms with E-state index >= 15 is 0 Å². The molecule has 0 unspecified atom stereocenters. The van der Waals surface area contributed by atoms with Gasteiger partial charge in [-0.15, -0.1) is 11.3 Å². The molecule has 0 aromatic carbocycles. The van der Waals surface area contributed by atoms with Crippen molar-refractivity contribution in [3.05, 3.63) is 39.9 Å². The molecule has 2 amide bonds. The first-order valence-corrected chi connectivity index (χ1v) is 8.74. The van der Waals surface area contributed by atoms with Crippen molar-refractivity contribution in [1.29, 1.82) is 0 Å². The second-order valence-corrected chi connectivity index (χ2v) is 6.70. The zero-order chi connectivity index (χ0) is 16.9. The highest BCUT2D eigenvalue weighted by Crippen LogP contribution is 2.10. The normalized spacial score (nSPS) is 15.5. The molecule has 3 heterocycles. The van der Waals surface area contributed by atoms with Crippen molar-refractivity contribution in [3.63, 3.8) is 0 Å². The molecule has 0 bridgehead atoms. The maximum atomic E-state index is 12.2. The minimum atomic E-state index is -0.197. The van der Waals surface area contributed by atoms with E-state index in [1.165, 1.54) is 11.3 Å². The molecule has 2 aromatic rings. The standard InChI is InChI=1S/C16H20N4O3S/c1-12-9-13(23-18-12)11-19-4-6-20(7-5-19)15(21)10-17-16(22)14-3-2-8-24-14/h2-3,8-9H,4-7,10-11H2,1H3,(H,17,22). The summed E-state index contributed by atoms with van der Waals surface area (Å²) in [6.45, 7) is 5.51. The number of amides is 2. The summed E-state index contributed by atoms with van der Waals surface area (Å²) in [6.07, 6.45) is 0. The molecule has 24 heavy (non-hydrogen) atoms. The lowest BCUT2D eigenvalue weighted by atomic mass is 10.2. The van der Waals surface area contributed by atoms with Crippen LogP contribution in [0.15, 0.2) is 28.1 Å². The van der Waals surface area contributed by atoms with Gasteiger partial charge in [-0.25, -0.2) is 0 Å². The van der Waals surface area contributed by atoms with Crippen LogP contribution in [0.5, 0.6) is 0 Å². The number of rotatable bonds is 5. The van der Waals surface area contributed by atoms with Crippen LogP contribution >= 0.6 is 11.3 Å². The number of thiophene rings is 1. The summed E-state index contributed by atoms with van der Waals surface area (Å²) in [5.74, 6) is 0.600. The Morgan fingerprint density at radius 1 is 1.33 bits per heavy atom. The van der Waals surface area contributed by atoms with Crippen LogP contribution in [0.4, 0.5) is 0 Å². The Labute approximate surface area is 144 Å². The van der Waals surface area contributed by atoms with Gasteiger partial charge in [-0.2, -0.15) is 0 Å². The molecule has 0 radical (unpaired) electrons. The van der Waals surface area contributed by atoms with Gasteiger partial charge in [-0.05, 0) is 18.4 Å². The van der Waals surface area contributed by atoms with Crippen molar-refractivity contribution in [2.24, 2.45) is 0 Å². The molecule has 0 saturated carbocycles. The summed E-state index contributed by atoms with van der Waals surface area (Å²) in [5, 5.41) is 8.40. The van der Waals surface area contributed by atoms with E-state index in [1.54, 1.807) is 11.0 Å². The van der Waals surface area contributed by atoms with Gasteiger partial charge in [0.2, 0.25) is 5.91 Å². The topological polar surface area (TPSA) is 78.7 Å². The van der Waals surface area contributed by atoms with Crippen LogP contribution < -0.4 is 5.32 Å². The summed E-state index contributed by atoms with van der Waals surface area (Å²) in [6, 6.07) is 5.49. The molecule has 1 aliphatic heterocycles. The molecule has 8 heteroatoms. The Morgan fingerprint density at radius 2 is 2.12 bits per heavy atom. The molecular formula is C16H20N4O3S. The number of aryl methyl sites for hydroxylation is 1. The summed E-state index contributed by atoms with van der Waals surface area (Å²) in [7, 11) is 0. The average molecular weight is 348 g/mol. The average Bonchev–Trinajstić information content (AvgIpc) is 3.25. The third kappa shape index (κ3) is 4.21. The number of hydrogen-bond donors (Lipinski definition) is 1. The number of aromatic nitrogens is 1. The molecular weight excluding hydrogens is 328 g/mol. The first kappa shape index (κ1) is 16.7. The van der Waals surface area contributed by atoms with Gasteiger partial charge < -0.3 is 14.7 Å². The largest absolute Gasteiger partial charge is 0.360 e. The maximum Gasteiger partial charge on any atom is 0.261 e. The van der Waals surface area contributed by atoms with Crippen molar-refractivity contribution in [2.75, 3.05) is 32.7 Å². The Bertz CT molecular complexity index is 690. The smallest absolute Gasteiger partial charge is 0.261 e. The van der Waals surface area contributed by atoms with Crippen LogP contribution in [0.25, 0.3) is 0 Å². The zero-order valence-corrected chi connectivity index (χ0v) is 14.3. The Morgan fingerprint density at radius 3 is 2.75 bits per heavy atom. The highest BCUT2D eigenvalue weighted by atomic mass is 32.1. The molecule has 0 spiro atoms. The lowest BCUT2D eigenvalue weighted by Gasteiger charge is -2.34. The van der Waals surface area contributed by atoms with Crippen molar-refractivity contribution in [3.8, 4) is 0 Å². The number of piperazine rings is 1. The predicted molar refractivity (Wildman–Crippen MR) is 89.7 cm³/mol. The number of carbonyl (C=O) groups is 2. The number of nitrogens with one attached hydrogen (secondary N) is 1. The first-order chi connectivity index (χ1) is 11.6. The molecule has 1 N–H and O–H groups in total. The van der Waals surface area contributed by atoms with Gasteiger partial charge in [0.1, 0.15) is 0 Å². The fraction of sp³-hybridized carbons (Fsp3) is 0.438. The molecule has 7 nitrogen and oxygen atoms in total. The molecule has 3 rings (SSSR count). The summed E-state index contributed by atoms with van der Waals surface area (Å²) in [5.41, 5.74) is 0.875. The van der Waals surface area contributed by atoms with E-state index in [1.807, 2.05) is 24.4 Å². The van der Waals surface area contributed by atoms with Gasteiger partial charge in [0.15, 0.2) is 5.76 Å². The van der Waals surface area contributed by atoms with E-state index < -0.39 is 0 Å². The minimum Gasteiger partial charge on any atom is -0.360 e. The van der Waals surface area contributed by atoms with Crippen LogP contribution in [-0.4, -0.2) is 59.5 Å². The summed E-state index contributed by atoms with van der Waals surface area (Å²) >= 11 is 1.36. The molecule has 1 saturated heterocycles. The third-order valence-corrected chi connectivity index (χ3v) is 4.79. The molecule has 1 fully saturated rings. The monoisotopic (exact) mass is 348 g/mol. The molecule has 1 aliphatic rings. The van der Waals surface area contributed by atoms with Gasteiger partial charge in [-0.1, -0.05) is 11.2 Å². The van der Waals surface area contributed by atoms with E-state index in [-0.39, 0.29) is 18.4 Å². The fourth-order valence-corrected chi connectivity index (χ4v) is 3.27. The minimum absolute atomic E-state index is 0.0397. The van der Waals surface area contributed by atoms with Crippen molar-refractivity contribution < 1.29 is 14.1 Å². The lowest BCUT2D eigenvalue weighted by molar-refractivity contribution is -0.131. The summed E-state index contributed by atoms with van der Waals surface area (Å²) < 4.78 is 5.22. The van der Waals surface area contributed by atoms with Crippen LogP contribution in [0.2, 0.25) is 0 Å². The quantitative estimate of drug-likeness (QED) is 0.876. The highest BCUT2D eigenvalue weighted by Gasteiger charge is 2.22. The third-order valence-electron chi connectivity index (χ3n) is 3.93. The van der Waals surface area contributed by atoms with E-state index in [9.17, 15) is 9.59 Å².